The minimum absolute atomic E-state index is 0.591. The van der Waals surface area contributed by atoms with E-state index in [1.165, 1.54) is 40.7 Å². The molecule has 1 aliphatic carbocycles. The van der Waals surface area contributed by atoms with Gasteiger partial charge in [0.15, 0.2) is 0 Å². The molecule has 1 aromatic carbocycles. The zero-order chi connectivity index (χ0) is 18.2. The van der Waals surface area contributed by atoms with Gasteiger partial charge in [-0.05, 0) is 73.7 Å². The first-order valence-electron chi connectivity index (χ1n) is 10.1. The molecule has 0 saturated carbocycles. The maximum Gasteiger partial charge on any atom is 0.226 e. The molecular weight excluding hydrogens is 352 g/mol. The van der Waals surface area contributed by atoms with Crippen molar-refractivity contribution in [2.45, 2.75) is 51.6 Å². The summed E-state index contributed by atoms with van der Waals surface area (Å²) in [6, 6.07) is 9.56. The molecule has 0 amide bonds. The fraction of sp³-hybridized carbons (Fsp3) is 0.455. The number of nitrogens with zero attached hydrogens (tertiary/aromatic N) is 3. The molecule has 0 spiro atoms. The number of thiophene rings is 1. The van der Waals surface area contributed by atoms with E-state index in [0.29, 0.717) is 6.04 Å². The number of piperidine rings is 1. The van der Waals surface area contributed by atoms with Crippen LogP contribution in [0.3, 0.4) is 0 Å². The second-order valence-electron chi connectivity index (χ2n) is 7.82. The molecule has 1 aliphatic heterocycles. The number of aryl methyl sites for hydroxylation is 3. The molecule has 0 bridgehead atoms. The smallest absolute Gasteiger partial charge is 0.226 e. The van der Waals surface area contributed by atoms with Gasteiger partial charge in [-0.2, -0.15) is 0 Å². The lowest BCUT2D eigenvalue weighted by molar-refractivity contribution is 0.412. The van der Waals surface area contributed by atoms with Crippen LogP contribution < -0.4 is 10.2 Å². The van der Waals surface area contributed by atoms with Gasteiger partial charge in [-0.1, -0.05) is 6.07 Å². The first-order valence-corrected chi connectivity index (χ1v) is 10.9. The second-order valence-corrected chi connectivity index (χ2v) is 8.85. The standard InChI is InChI=1S/C22H26N4S/c1-15-20-12-16-4-2-5-17(16)13-21(20)25-22(24-15)26-9-7-18(8-10-26)23-14-19-6-3-11-27-19/h3,6,11-13,18,23H,2,4-5,7-10,14H2,1H3. The zero-order valence-electron chi connectivity index (χ0n) is 15.9. The summed E-state index contributed by atoms with van der Waals surface area (Å²) in [7, 11) is 0. The average Bonchev–Trinajstić information content (AvgIpc) is 3.37. The lowest BCUT2D eigenvalue weighted by Crippen LogP contribution is -2.42. The molecule has 4 nitrogen and oxygen atoms in total. The van der Waals surface area contributed by atoms with Crippen molar-refractivity contribution in [1.82, 2.24) is 15.3 Å². The van der Waals surface area contributed by atoms with Crippen LogP contribution >= 0.6 is 11.3 Å². The first-order chi connectivity index (χ1) is 13.3. The molecular formula is C22H26N4S. The Morgan fingerprint density at radius 1 is 1.15 bits per heavy atom. The van der Waals surface area contributed by atoms with Crippen LogP contribution in [0.25, 0.3) is 10.9 Å². The van der Waals surface area contributed by atoms with Crippen LogP contribution in [-0.2, 0) is 19.4 Å². The monoisotopic (exact) mass is 378 g/mol. The van der Waals surface area contributed by atoms with Crippen LogP contribution in [0.1, 0.15) is 41.0 Å². The lowest BCUT2D eigenvalue weighted by atomic mass is 10.0. The summed E-state index contributed by atoms with van der Waals surface area (Å²) < 4.78 is 0. The van der Waals surface area contributed by atoms with Crippen molar-refractivity contribution in [2.75, 3.05) is 18.0 Å². The van der Waals surface area contributed by atoms with Crippen molar-refractivity contribution in [3.63, 3.8) is 0 Å². The van der Waals surface area contributed by atoms with Crippen molar-refractivity contribution < 1.29 is 0 Å². The van der Waals surface area contributed by atoms with Crippen LogP contribution in [0, 0.1) is 6.92 Å². The normalized spacial score (nSPS) is 17.6. The van der Waals surface area contributed by atoms with Gasteiger partial charge < -0.3 is 10.2 Å². The summed E-state index contributed by atoms with van der Waals surface area (Å²) in [5, 5.41) is 7.08. The first kappa shape index (κ1) is 17.1. The Morgan fingerprint density at radius 2 is 1.96 bits per heavy atom. The second kappa shape index (κ2) is 7.21. The van der Waals surface area contributed by atoms with Gasteiger partial charge in [-0.3, -0.25) is 0 Å². The number of hydrogen-bond acceptors (Lipinski definition) is 5. The van der Waals surface area contributed by atoms with Gasteiger partial charge in [0.05, 0.1) is 11.2 Å². The minimum atomic E-state index is 0.591. The molecule has 0 atom stereocenters. The molecule has 5 rings (SSSR count). The fourth-order valence-corrected chi connectivity index (χ4v) is 5.08. The number of fused-ring (bicyclic) bond motifs is 2. The Labute approximate surface area is 164 Å². The third kappa shape index (κ3) is 3.46. The summed E-state index contributed by atoms with van der Waals surface area (Å²) in [5.74, 6) is 0.912. The topological polar surface area (TPSA) is 41.1 Å². The van der Waals surface area contributed by atoms with E-state index in [0.717, 1.165) is 49.6 Å². The van der Waals surface area contributed by atoms with Crippen LogP contribution in [0.5, 0.6) is 0 Å². The Morgan fingerprint density at radius 3 is 2.74 bits per heavy atom. The summed E-state index contributed by atoms with van der Waals surface area (Å²) in [6.45, 7) is 5.17. The van der Waals surface area contributed by atoms with E-state index >= 15 is 0 Å². The number of rotatable bonds is 4. The van der Waals surface area contributed by atoms with E-state index in [9.17, 15) is 0 Å². The largest absolute Gasteiger partial charge is 0.341 e. The minimum Gasteiger partial charge on any atom is -0.341 e. The van der Waals surface area contributed by atoms with Crippen molar-refractivity contribution in [1.29, 1.82) is 0 Å². The Kier molecular flexibility index (Phi) is 4.58. The van der Waals surface area contributed by atoms with E-state index in [2.05, 4.69) is 46.8 Å². The van der Waals surface area contributed by atoms with Gasteiger partial charge in [0.1, 0.15) is 0 Å². The Balaban J connectivity index is 1.29. The zero-order valence-corrected chi connectivity index (χ0v) is 16.7. The molecule has 3 aromatic rings. The van der Waals surface area contributed by atoms with E-state index in [1.807, 2.05) is 11.3 Å². The van der Waals surface area contributed by atoms with E-state index in [-0.39, 0.29) is 0 Å². The number of aromatic nitrogens is 2. The third-order valence-corrected chi connectivity index (χ3v) is 6.89. The van der Waals surface area contributed by atoms with Crippen molar-refractivity contribution in [3.05, 3.63) is 51.3 Å². The number of hydrogen-bond donors (Lipinski definition) is 1. The molecule has 2 aliphatic rings. The summed E-state index contributed by atoms with van der Waals surface area (Å²) in [5.41, 5.74) is 5.22. The maximum atomic E-state index is 4.94. The summed E-state index contributed by atoms with van der Waals surface area (Å²) >= 11 is 1.83. The highest BCUT2D eigenvalue weighted by Gasteiger charge is 2.22. The Bertz CT molecular complexity index is 943. The molecule has 2 aromatic heterocycles. The van der Waals surface area contributed by atoms with Gasteiger partial charge in [0.2, 0.25) is 5.95 Å². The number of benzene rings is 1. The van der Waals surface area contributed by atoms with Crippen LogP contribution in [-0.4, -0.2) is 29.1 Å². The molecule has 27 heavy (non-hydrogen) atoms. The van der Waals surface area contributed by atoms with Crippen molar-refractivity contribution in [2.24, 2.45) is 0 Å². The highest BCUT2D eigenvalue weighted by atomic mass is 32.1. The number of anilines is 1. The third-order valence-electron chi connectivity index (χ3n) is 6.01. The molecule has 1 saturated heterocycles. The molecule has 1 fully saturated rings. The van der Waals surface area contributed by atoms with Crippen molar-refractivity contribution >= 4 is 28.2 Å². The molecule has 3 heterocycles. The highest BCUT2D eigenvalue weighted by molar-refractivity contribution is 7.09. The molecule has 5 heteroatoms. The fourth-order valence-electron chi connectivity index (χ4n) is 4.42. The predicted molar refractivity (Wildman–Crippen MR) is 113 cm³/mol. The van der Waals surface area contributed by atoms with Crippen LogP contribution in [0.2, 0.25) is 0 Å². The van der Waals surface area contributed by atoms with Gasteiger partial charge in [0.25, 0.3) is 0 Å². The van der Waals surface area contributed by atoms with E-state index in [1.54, 1.807) is 0 Å². The number of nitrogens with one attached hydrogen (secondary N) is 1. The molecule has 1 N–H and O–H groups in total. The quantitative estimate of drug-likeness (QED) is 0.737. The van der Waals surface area contributed by atoms with E-state index in [4.69, 9.17) is 9.97 Å². The summed E-state index contributed by atoms with van der Waals surface area (Å²) in [6.07, 6.45) is 5.98. The van der Waals surface area contributed by atoms with Gasteiger partial charge >= 0.3 is 0 Å². The van der Waals surface area contributed by atoms with Gasteiger partial charge in [0, 0.05) is 35.9 Å². The van der Waals surface area contributed by atoms with Crippen LogP contribution in [0.15, 0.2) is 29.6 Å². The molecule has 140 valence electrons. The van der Waals surface area contributed by atoms with E-state index < -0.39 is 0 Å². The average molecular weight is 379 g/mol. The van der Waals surface area contributed by atoms with Gasteiger partial charge in [-0.15, -0.1) is 11.3 Å². The SMILES string of the molecule is Cc1nc(N2CCC(NCc3cccs3)CC2)nc2cc3c(cc12)CCC3. The summed E-state index contributed by atoms with van der Waals surface area (Å²) in [4.78, 5) is 13.6. The predicted octanol–water partition coefficient (Wildman–Crippen LogP) is 4.25. The lowest BCUT2D eigenvalue weighted by Gasteiger charge is -2.32. The van der Waals surface area contributed by atoms with Gasteiger partial charge in [-0.25, -0.2) is 9.97 Å². The maximum absolute atomic E-state index is 4.94. The van der Waals surface area contributed by atoms with Crippen molar-refractivity contribution in [3.8, 4) is 0 Å². The highest BCUT2D eigenvalue weighted by Crippen LogP contribution is 2.29. The molecule has 0 radical (unpaired) electrons. The Hall–Kier alpha value is -1.98. The van der Waals surface area contributed by atoms with Crippen LogP contribution in [0.4, 0.5) is 5.95 Å². The molecule has 0 unspecified atom stereocenters.